The predicted octanol–water partition coefficient (Wildman–Crippen LogP) is 2.28. The van der Waals surface area contributed by atoms with Gasteiger partial charge in [-0.25, -0.2) is 9.59 Å². The van der Waals surface area contributed by atoms with Gasteiger partial charge in [-0.2, -0.15) is 8.42 Å². The summed E-state index contributed by atoms with van der Waals surface area (Å²) in [5, 5.41) is 0. The van der Waals surface area contributed by atoms with Crippen molar-refractivity contribution >= 4 is 28.0 Å². The third kappa shape index (κ3) is 8.08. The minimum absolute atomic E-state index is 0.0402. The molecule has 12 heteroatoms. The molecule has 1 aliphatic rings. The fraction of sp³-hybridized carbons (Fsp3) is 0.652. The maximum Gasteiger partial charge on any atom is 0.347 e. The van der Waals surface area contributed by atoms with Gasteiger partial charge in [-0.15, -0.1) is 0 Å². The van der Waals surface area contributed by atoms with Gasteiger partial charge in [-0.05, 0) is 47.0 Å². The van der Waals surface area contributed by atoms with Gasteiger partial charge >= 0.3 is 33.7 Å². The van der Waals surface area contributed by atoms with E-state index in [1.54, 1.807) is 27.7 Å². The molecule has 35 heavy (non-hydrogen) atoms. The van der Waals surface area contributed by atoms with Crippen LogP contribution in [0.25, 0.3) is 0 Å². The van der Waals surface area contributed by atoms with E-state index < -0.39 is 56.3 Å². The zero-order valence-corrected chi connectivity index (χ0v) is 21.4. The summed E-state index contributed by atoms with van der Waals surface area (Å²) in [6, 6.07) is 2.19. The van der Waals surface area contributed by atoms with Crippen LogP contribution in [0.1, 0.15) is 59.1 Å². The van der Waals surface area contributed by atoms with E-state index in [1.165, 1.54) is 13.0 Å². The first-order chi connectivity index (χ1) is 16.2. The Kier molecular flexibility index (Phi) is 9.10. The molecule has 11 nitrogen and oxygen atoms in total. The van der Waals surface area contributed by atoms with Gasteiger partial charge in [0.25, 0.3) is 0 Å². The predicted molar refractivity (Wildman–Crippen MR) is 122 cm³/mol. The SMILES string of the molecule is CCC(C)(CC(C)(C)C(=O)OCCCS(=O)(=O)Oc1cc(C)oc(=O)c1)C(=O)OC1CCOC1=O. The number of hydrogen-bond acceptors (Lipinski definition) is 11. The van der Waals surface area contributed by atoms with E-state index in [-0.39, 0.29) is 37.6 Å². The molecular weight excluding hydrogens is 484 g/mol. The Bertz CT molecular complexity index is 1100. The normalized spacial score (nSPS) is 17.9. The lowest BCUT2D eigenvalue weighted by atomic mass is 9.72. The highest BCUT2D eigenvalue weighted by molar-refractivity contribution is 7.87. The Morgan fingerprint density at radius 1 is 1.14 bits per heavy atom. The fourth-order valence-electron chi connectivity index (χ4n) is 3.65. The number of ether oxygens (including phenoxy) is 3. The van der Waals surface area contributed by atoms with Crippen LogP contribution in [0.3, 0.4) is 0 Å². The van der Waals surface area contributed by atoms with Gasteiger partial charge < -0.3 is 22.8 Å². The second kappa shape index (κ2) is 11.2. The average molecular weight is 517 g/mol. The molecular formula is C23H32O11S. The second-order valence-corrected chi connectivity index (χ2v) is 11.1. The second-order valence-electron chi connectivity index (χ2n) is 9.38. The minimum atomic E-state index is -4.03. The lowest BCUT2D eigenvalue weighted by molar-refractivity contribution is -0.171. The van der Waals surface area contributed by atoms with Crippen LogP contribution in [0, 0.1) is 17.8 Å². The summed E-state index contributed by atoms with van der Waals surface area (Å²) in [4.78, 5) is 48.4. The molecule has 2 unspecified atom stereocenters. The maximum atomic E-state index is 12.8. The summed E-state index contributed by atoms with van der Waals surface area (Å²) in [6.45, 7) is 8.14. The van der Waals surface area contributed by atoms with Gasteiger partial charge in [0, 0.05) is 12.5 Å². The Labute approximate surface area is 204 Å². The largest absolute Gasteiger partial charge is 0.465 e. The fourth-order valence-corrected chi connectivity index (χ4v) is 4.60. The number of aryl methyl sites for hydroxylation is 1. The molecule has 0 saturated carbocycles. The monoisotopic (exact) mass is 516 g/mol. The molecule has 0 bridgehead atoms. The molecule has 1 saturated heterocycles. The van der Waals surface area contributed by atoms with Crippen LogP contribution in [-0.4, -0.2) is 51.4 Å². The third-order valence-corrected chi connectivity index (χ3v) is 6.89. The summed E-state index contributed by atoms with van der Waals surface area (Å²) in [5.41, 5.74) is -2.88. The summed E-state index contributed by atoms with van der Waals surface area (Å²) >= 11 is 0. The van der Waals surface area contributed by atoms with E-state index in [4.69, 9.17) is 22.8 Å². The molecule has 0 N–H and O–H groups in total. The number of carbonyl (C=O) groups is 3. The molecule has 0 radical (unpaired) electrons. The van der Waals surface area contributed by atoms with Crippen molar-refractivity contribution in [2.24, 2.45) is 10.8 Å². The molecule has 2 rings (SSSR count). The number of cyclic esters (lactones) is 1. The van der Waals surface area contributed by atoms with Gasteiger partial charge in [-0.1, -0.05) is 6.92 Å². The number of hydrogen-bond donors (Lipinski definition) is 0. The summed E-state index contributed by atoms with van der Waals surface area (Å²) in [7, 11) is -4.03. The van der Waals surface area contributed by atoms with Crippen LogP contribution in [-0.2, 0) is 38.7 Å². The van der Waals surface area contributed by atoms with E-state index >= 15 is 0 Å². The van der Waals surface area contributed by atoms with Crippen LogP contribution >= 0.6 is 0 Å². The Morgan fingerprint density at radius 2 is 1.83 bits per heavy atom. The molecule has 1 aromatic rings. The summed E-state index contributed by atoms with van der Waals surface area (Å²) < 4.78 is 49.4. The van der Waals surface area contributed by atoms with Crippen molar-refractivity contribution in [2.75, 3.05) is 19.0 Å². The molecule has 2 atom stereocenters. The molecule has 196 valence electrons. The van der Waals surface area contributed by atoms with E-state index in [0.717, 1.165) is 6.07 Å². The van der Waals surface area contributed by atoms with Gasteiger partial charge in [0.1, 0.15) is 5.76 Å². The van der Waals surface area contributed by atoms with Crippen molar-refractivity contribution in [3.05, 3.63) is 28.3 Å². The Hall–Kier alpha value is -2.89. The van der Waals surface area contributed by atoms with Crippen molar-refractivity contribution < 1.29 is 45.6 Å². The van der Waals surface area contributed by atoms with Crippen LogP contribution < -0.4 is 9.81 Å². The van der Waals surface area contributed by atoms with Crippen LogP contribution in [0.15, 0.2) is 21.3 Å². The molecule has 1 aliphatic heterocycles. The average Bonchev–Trinajstić information content (AvgIpc) is 3.13. The molecule has 0 aliphatic carbocycles. The Balaban J connectivity index is 1.88. The van der Waals surface area contributed by atoms with Crippen LogP contribution in [0.4, 0.5) is 0 Å². The van der Waals surface area contributed by atoms with Crippen molar-refractivity contribution in [2.45, 2.75) is 66.4 Å². The minimum Gasteiger partial charge on any atom is -0.465 e. The molecule has 0 amide bonds. The summed E-state index contributed by atoms with van der Waals surface area (Å²) in [6.07, 6.45) is -0.243. The molecule has 2 heterocycles. The molecule has 1 fully saturated rings. The highest BCUT2D eigenvalue weighted by Gasteiger charge is 2.44. The molecule has 0 aromatic carbocycles. The van der Waals surface area contributed by atoms with Gasteiger partial charge in [0.2, 0.25) is 6.10 Å². The zero-order chi connectivity index (χ0) is 26.4. The van der Waals surface area contributed by atoms with Crippen molar-refractivity contribution in [3.63, 3.8) is 0 Å². The maximum absolute atomic E-state index is 12.8. The third-order valence-electron chi connectivity index (χ3n) is 5.66. The lowest BCUT2D eigenvalue weighted by Crippen LogP contribution is -2.40. The van der Waals surface area contributed by atoms with Gasteiger partial charge in [0.05, 0.1) is 35.9 Å². The standard InChI is InChI=1S/C23H32O11S/c1-6-23(5,21(27)33-17-8-10-30-19(17)25)14-22(3,4)20(26)31-9-7-11-35(28,29)34-16-12-15(2)32-18(24)13-16/h12-13,17H,6-11,14H2,1-5H3. The zero-order valence-electron chi connectivity index (χ0n) is 20.6. The molecule has 0 spiro atoms. The van der Waals surface area contributed by atoms with Gasteiger partial charge in [0.15, 0.2) is 5.75 Å². The first kappa shape index (κ1) is 28.3. The first-order valence-corrected chi connectivity index (χ1v) is 12.8. The Morgan fingerprint density at radius 3 is 2.40 bits per heavy atom. The first-order valence-electron chi connectivity index (χ1n) is 11.3. The van der Waals surface area contributed by atoms with E-state index in [1.807, 2.05) is 0 Å². The summed E-state index contributed by atoms with van der Waals surface area (Å²) in [5.74, 6) is -2.20. The topological polar surface area (TPSA) is 152 Å². The highest BCUT2D eigenvalue weighted by atomic mass is 32.2. The van der Waals surface area contributed by atoms with Crippen LogP contribution in [0.2, 0.25) is 0 Å². The van der Waals surface area contributed by atoms with Crippen molar-refractivity contribution in [3.8, 4) is 5.75 Å². The van der Waals surface area contributed by atoms with Crippen molar-refractivity contribution in [1.29, 1.82) is 0 Å². The van der Waals surface area contributed by atoms with Crippen LogP contribution in [0.5, 0.6) is 5.75 Å². The number of rotatable bonds is 12. The number of carbonyl (C=O) groups excluding carboxylic acids is 3. The van der Waals surface area contributed by atoms with E-state index in [9.17, 15) is 27.6 Å². The van der Waals surface area contributed by atoms with E-state index in [2.05, 4.69) is 0 Å². The van der Waals surface area contributed by atoms with Crippen molar-refractivity contribution in [1.82, 2.24) is 0 Å². The lowest BCUT2D eigenvalue weighted by Gasteiger charge is -2.34. The highest BCUT2D eigenvalue weighted by Crippen LogP contribution is 2.39. The van der Waals surface area contributed by atoms with E-state index in [0.29, 0.717) is 12.8 Å². The number of esters is 3. The quantitative estimate of drug-likeness (QED) is 0.174. The molecule has 1 aromatic heterocycles. The van der Waals surface area contributed by atoms with Gasteiger partial charge in [-0.3, -0.25) is 9.59 Å². The smallest absolute Gasteiger partial charge is 0.347 e.